The van der Waals surface area contributed by atoms with Gasteiger partial charge in [-0.2, -0.15) is 5.10 Å². The van der Waals surface area contributed by atoms with Crippen LogP contribution in [0.25, 0.3) is 10.1 Å². The van der Waals surface area contributed by atoms with Gasteiger partial charge in [-0.1, -0.05) is 29.8 Å². The minimum atomic E-state index is -0.606. The summed E-state index contributed by atoms with van der Waals surface area (Å²) in [6, 6.07) is 10.9. The quantitative estimate of drug-likeness (QED) is 0.409. The smallest absolute Gasteiger partial charge is 0.283 e. The summed E-state index contributed by atoms with van der Waals surface area (Å²) in [5.41, 5.74) is 2.11. The Kier molecular flexibility index (Phi) is 4.64. The lowest BCUT2D eigenvalue weighted by atomic mass is 10.2. The molecule has 0 bridgehead atoms. The molecule has 1 aromatic heterocycles. The summed E-state index contributed by atoms with van der Waals surface area (Å²) >= 11 is 7.43. The SMILES string of the molecule is O=C(N/N=C/c1cc(O)ccc1[N+](=O)[O-])c1sc2ccccc2c1Cl. The van der Waals surface area contributed by atoms with Gasteiger partial charge in [0.2, 0.25) is 0 Å². The highest BCUT2D eigenvalue weighted by Crippen LogP contribution is 2.34. The zero-order chi connectivity index (χ0) is 18.0. The minimum absolute atomic E-state index is 0.0627. The van der Waals surface area contributed by atoms with Crippen LogP contribution in [-0.2, 0) is 0 Å². The molecule has 0 aliphatic carbocycles. The molecule has 0 unspecified atom stereocenters. The van der Waals surface area contributed by atoms with Crippen molar-refractivity contribution in [2.24, 2.45) is 5.10 Å². The van der Waals surface area contributed by atoms with Gasteiger partial charge in [-0.25, -0.2) is 5.43 Å². The topological polar surface area (TPSA) is 105 Å². The van der Waals surface area contributed by atoms with E-state index >= 15 is 0 Å². The summed E-state index contributed by atoms with van der Waals surface area (Å²) in [4.78, 5) is 22.9. The van der Waals surface area contributed by atoms with Gasteiger partial charge < -0.3 is 5.11 Å². The fourth-order valence-electron chi connectivity index (χ4n) is 2.18. The molecule has 126 valence electrons. The summed E-state index contributed by atoms with van der Waals surface area (Å²) in [6.45, 7) is 0. The number of nitro benzene ring substituents is 1. The number of phenolic OH excluding ortho intramolecular Hbond substituents is 1. The number of thiophene rings is 1. The molecule has 0 saturated carbocycles. The molecule has 2 aromatic carbocycles. The van der Waals surface area contributed by atoms with E-state index in [0.29, 0.717) is 9.90 Å². The van der Waals surface area contributed by atoms with E-state index in [0.717, 1.165) is 22.4 Å². The maximum absolute atomic E-state index is 12.2. The lowest BCUT2D eigenvalue weighted by Gasteiger charge is -1.99. The van der Waals surface area contributed by atoms with Gasteiger partial charge in [0.15, 0.2) is 0 Å². The Hall–Kier alpha value is -2.97. The van der Waals surface area contributed by atoms with E-state index in [2.05, 4.69) is 10.5 Å². The number of carbonyl (C=O) groups is 1. The first kappa shape index (κ1) is 16.9. The van der Waals surface area contributed by atoms with Crippen LogP contribution < -0.4 is 5.43 Å². The maximum Gasteiger partial charge on any atom is 0.283 e. The Morgan fingerprint density at radius 3 is 2.80 bits per heavy atom. The van der Waals surface area contributed by atoms with Crippen LogP contribution in [0.1, 0.15) is 15.2 Å². The van der Waals surface area contributed by atoms with Gasteiger partial charge in [-0.15, -0.1) is 11.3 Å². The summed E-state index contributed by atoms with van der Waals surface area (Å²) in [5, 5.41) is 25.2. The summed E-state index contributed by atoms with van der Waals surface area (Å²) in [5.74, 6) is -0.670. The number of nitrogens with one attached hydrogen (secondary N) is 1. The Morgan fingerprint density at radius 1 is 1.32 bits per heavy atom. The fraction of sp³-hybridized carbons (Fsp3) is 0. The average molecular weight is 376 g/mol. The molecule has 2 N–H and O–H groups in total. The number of hydrogen-bond acceptors (Lipinski definition) is 6. The number of benzene rings is 2. The third kappa shape index (κ3) is 3.44. The van der Waals surface area contributed by atoms with Crippen molar-refractivity contribution in [2.45, 2.75) is 0 Å². The number of hydrogen-bond donors (Lipinski definition) is 2. The predicted molar refractivity (Wildman–Crippen MR) is 96.7 cm³/mol. The zero-order valence-corrected chi connectivity index (χ0v) is 14.0. The molecule has 7 nitrogen and oxygen atoms in total. The highest BCUT2D eigenvalue weighted by atomic mass is 35.5. The van der Waals surface area contributed by atoms with Crippen LogP contribution in [0, 0.1) is 10.1 Å². The molecule has 0 saturated heterocycles. The summed E-state index contributed by atoms with van der Waals surface area (Å²) in [7, 11) is 0. The Morgan fingerprint density at radius 2 is 2.08 bits per heavy atom. The number of hydrazone groups is 1. The molecule has 0 atom stereocenters. The van der Waals surface area contributed by atoms with Crippen LogP contribution in [0.2, 0.25) is 5.02 Å². The fourth-order valence-corrected chi connectivity index (χ4v) is 3.59. The van der Waals surface area contributed by atoms with E-state index in [4.69, 9.17) is 11.6 Å². The molecule has 3 aromatic rings. The molecule has 0 aliphatic heterocycles. The number of aromatic hydroxyl groups is 1. The van der Waals surface area contributed by atoms with E-state index in [1.54, 1.807) is 0 Å². The van der Waals surface area contributed by atoms with Gasteiger partial charge >= 0.3 is 0 Å². The predicted octanol–water partition coefficient (Wildman–Crippen LogP) is 3.93. The lowest BCUT2D eigenvalue weighted by molar-refractivity contribution is -0.385. The van der Waals surface area contributed by atoms with Crippen LogP contribution in [0.15, 0.2) is 47.6 Å². The number of fused-ring (bicyclic) bond motifs is 1. The van der Waals surface area contributed by atoms with Crippen LogP contribution in [-0.4, -0.2) is 22.2 Å². The molecule has 0 fully saturated rings. The van der Waals surface area contributed by atoms with E-state index < -0.39 is 10.8 Å². The lowest BCUT2D eigenvalue weighted by Crippen LogP contribution is -2.16. The second kappa shape index (κ2) is 6.88. The van der Waals surface area contributed by atoms with Crippen LogP contribution in [0.3, 0.4) is 0 Å². The normalized spacial score (nSPS) is 11.1. The van der Waals surface area contributed by atoms with Gasteiger partial charge in [-0.3, -0.25) is 14.9 Å². The third-order valence-electron chi connectivity index (χ3n) is 3.32. The second-order valence-corrected chi connectivity index (χ2v) is 6.37. The van der Waals surface area contributed by atoms with Crippen molar-refractivity contribution in [3.8, 4) is 5.75 Å². The van der Waals surface area contributed by atoms with Crippen molar-refractivity contribution in [2.75, 3.05) is 0 Å². The van der Waals surface area contributed by atoms with Crippen molar-refractivity contribution in [1.82, 2.24) is 5.43 Å². The summed E-state index contributed by atoms with van der Waals surface area (Å²) in [6.07, 6.45) is 1.09. The number of nitro groups is 1. The van der Waals surface area contributed by atoms with E-state index in [1.807, 2.05) is 24.3 Å². The molecular weight excluding hydrogens is 366 g/mol. The molecule has 0 spiro atoms. The Labute approximate surface area is 150 Å². The van der Waals surface area contributed by atoms with Crippen molar-refractivity contribution in [1.29, 1.82) is 0 Å². The first-order valence-corrected chi connectivity index (χ1v) is 8.14. The van der Waals surface area contributed by atoms with Crippen LogP contribution >= 0.6 is 22.9 Å². The number of nitrogens with zero attached hydrogens (tertiary/aromatic N) is 2. The Bertz CT molecular complexity index is 1020. The van der Waals surface area contributed by atoms with Gasteiger partial charge in [0.1, 0.15) is 10.6 Å². The molecule has 1 heterocycles. The minimum Gasteiger partial charge on any atom is -0.508 e. The van der Waals surface area contributed by atoms with Crippen molar-refractivity contribution in [3.05, 3.63) is 68.0 Å². The van der Waals surface area contributed by atoms with Gasteiger partial charge in [-0.05, 0) is 18.2 Å². The molecule has 9 heteroatoms. The van der Waals surface area contributed by atoms with Crippen LogP contribution in [0.4, 0.5) is 5.69 Å². The molecule has 0 radical (unpaired) electrons. The molecule has 1 amide bonds. The standard InChI is InChI=1S/C16H10ClN3O4S/c17-14-11-3-1-2-4-13(11)25-15(14)16(22)19-18-8-9-7-10(21)5-6-12(9)20(23)24/h1-8,21H,(H,19,22)/b18-8+. The Balaban J connectivity index is 1.82. The first-order valence-electron chi connectivity index (χ1n) is 6.95. The largest absolute Gasteiger partial charge is 0.508 e. The second-order valence-electron chi connectivity index (χ2n) is 4.94. The van der Waals surface area contributed by atoms with E-state index in [9.17, 15) is 20.0 Å². The van der Waals surface area contributed by atoms with E-state index in [1.165, 1.54) is 23.5 Å². The number of phenols is 1. The zero-order valence-electron chi connectivity index (χ0n) is 12.5. The molecule has 25 heavy (non-hydrogen) atoms. The van der Waals surface area contributed by atoms with Gasteiger partial charge in [0.05, 0.1) is 21.7 Å². The van der Waals surface area contributed by atoms with Gasteiger partial charge in [0, 0.05) is 16.2 Å². The maximum atomic E-state index is 12.2. The van der Waals surface area contributed by atoms with Crippen LogP contribution in [0.5, 0.6) is 5.75 Å². The number of carbonyl (C=O) groups excluding carboxylic acids is 1. The van der Waals surface area contributed by atoms with Crippen molar-refractivity contribution >= 4 is 50.8 Å². The highest BCUT2D eigenvalue weighted by molar-refractivity contribution is 7.21. The van der Waals surface area contributed by atoms with Gasteiger partial charge in [0.25, 0.3) is 11.6 Å². The average Bonchev–Trinajstić information content (AvgIpc) is 2.92. The third-order valence-corrected chi connectivity index (χ3v) is 4.99. The number of amides is 1. The molecule has 3 rings (SSSR count). The monoisotopic (exact) mass is 375 g/mol. The first-order chi connectivity index (χ1) is 12.0. The van der Waals surface area contributed by atoms with E-state index in [-0.39, 0.29) is 17.0 Å². The number of halogens is 1. The van der Waals surface area contributed by atoms with Crippen molar-refractivity contribution < 1.29 is 14.8 Å². The van der Waals surface area contributed by atoms with Crippen molar-refractivity contribution in [3.63, 3.8) is 0 Å². The summed E-state index contributed by atoms with van der Waals surface area (Å²) < 4.78 is 0.866. The highest BCUT2D eigenvalue weighted by Gasteiger charge is 2.17. The molecule has 0 aliphatic rings. The number of rotatable bonds is 4. The molecular formula is C16H10ClN3O4S.